The van der Waals surface area contributed by atoms with Crippen molar-refractivity contribution in [2.24, 2.45) is 0 Å². The predicted molar refractivity (Wildman–Crippen MR) is 77.2 cm³/mol. The molecular formula is C15H13BO5. The summed E-state index contributed by atoms with van der Waals surface area (Å²) >= 11 is 0. The number of benzene rings is 2. The minimum absolute atomic E-state index is 0.121. The van der Waals surface area contributed by atoms with E-state index in [1.165, 1.54) is 6.07 Å². The van der Waals surface area contributed by atoms with Crippen LogP contribution in [0.25, 0.3) is 0 Å². The van der Waals surface area contributed by atoms with Crippen molar-refractivity contribution in [3.63, 3.8) is 0 Å². The molecule has 21 heavy (non-hydrogen) atoms. The molecule has 2 aromatic rings. The Bertz CT molecular complexity index is 638. The molecule has 1 aliphatic rings. The number of aromatic carboxylic acids is 1. The summed E-state index contributed by atoms with van der Waals surface area (Å²) in [5, 5.41) is 9.35. The molecule has 0 saturated carbocycles. The Balaban J connectivity index is 2.02. The van der Waals surface area contributed by atoms with Crippen molar-refractivity contribution < 1.29 is 23.9 Å². The van der Waals surface area contributed by atoms with Crippen molar-refractivity contribution in [2.75, 3.05) is 13.2 Å². The molecule has 1 heterocycles. The second kappa shape index (κ2) is 5.99. The smallest absolute Gasteiger partial charge is 0.478 e. The van der Waals surface area contributed by atoms with Crippen LogP contribution in [0.4, 0.5) is 0 Å². The minimum atomic E-state index is -1.04. The van der Waals surface area contributed by atoms with Crippen molar-refractivity contribution >= 4 is 18.6 Å². The van der Waals surface area contributed by atoms with Gasteiger partial charge in [0.05, 0.1) is 18.8 Å². The van der Waals surface area contributed by atoms with Crippen molar-refractivity contribution in [1.29, 1.82) is 0 Å². The third-order valence-electron chi connectivity index (χ3n) is 3.13. The SMILES string of the molecule is O=C(O)c1cccc(Oc2ccccc2)c1B1OCCO1. The van der Waals surface area contributed by atoms with E-state index in [2.05, 4.69) is 0 Å². The highest BCUT2D eigenvalue weighted by Gasteiger charge is 2.34. The van der Waals surface area contributed by atoms with Gasteiger partial charge < -0.3 is 19.2 Å². The van der Waals surface area contributed by atoms with Crippen LogP contribution >= 0.6 is 0 Å². The number of para-hydroxylation sites is 1. The van der Waals surface area contributed by atoms with Gasteiger partial charge in [0.1, 0.15) is 11.5 Å². The monoisotopic (exact) mass is 284 g/mol. The highest BCUT2D eigenvalue weighted by Crippen LogP contribution is 2.22. The Hall–Kier alpha value is -2.31. The molecule has 1 N–H and O–H groups in total. The molecule has 3 rings (SSSR count). The summed E-state index contributed by atoms with van der Waals surface area (Å²) in [6, 6.07) is 14.0. The first kappa shape index (κ1) is 13.7. The average molecular weight is 284 g/mol. The molecule has 0 unspecified atom stereocenters. The molecule has 106 valence electrons. The molecule has 1 fully saturated rings. The van der Waals surface area contributed by atoms with Gasteiger partial charge in [0.2, 0.25) is 0 Å². The van der Waals surface area contributed by atoms with Gasteiger partial charge in [0.25, 0.3) is 0 Å². The molecule has 6 heteroatoms. The van der Waals surface area contributed by atoms with E-state index in [9.17, 15) is 9.90 Å². The topological polar surface area (TPSA) is 65.0 Å². The van der Waals surface area contributed by atoms with Crippen molar-refractivity contribution in [3.05, 3.63) is 54.1 Å². The van der Waals surface area contributed by atoms with Crippen LogP contribution in [0.1, 0.15) is 10.4 Å². The van der Waals surface area contributed by atoms with Crippen LogP contribution in [0.5, 0.6) is 11.5 Å². The fraction of sp³-hybridized carbons (Fsp3) is 0.133. The maximum atomic E-state index is 11.4. The first-order valence-electron chi connectivity index (χ1n) is 6.58. The van der Waals surface area contributed by atoms with Crippen molar-refractivity contribution in [3.8, 4) is 11.5 Å². The summed E-state index contributed by atoms with van der Waals surface area (Å²) in [4.78, 5) is 11.4. The highest BCUT2D eigenvalue weighted by atomic mass is 16.6. The molecule has 0 aliphatic carbocycles. The van der Waals surface area contributed by atoms with Gasteiger partial charge in [-0.05, 0) is 24.3 Å². The van der Waals surface area contributed by atoms with Gasteiger partial charge >= 0.3 is 13.1 Å². The van der Waals surface area contributed by atoms with Crippen molar-refractivity contribution in [1.82, 2.24) is 0 Å². The van der Waals surface area contributed by atoms with Crippen LogP contribution in [0, 0.1) is 0 Å². The molecule has 1 saturated heterocycles. The van der Waals surface area contributed by atoms with Gasteiger partial charge in [-0.3, -0.25) is 0 Å². The lowest BCUT2D eigenvalue weighted by molar-refractivity contribution is 0.0697. The number of hydrogen-bond acceptors (Lipinski definition) is 4. The van der Waals surface area contributed by atoms with Crippen LogP contribution in [-0.2, 0) is 9.31 Å². The maximum Gasteiger partial charge on any atom is 0.498 e. The van der Waals surface area contributed by atoms with Crippen LogP contribution < -0.4 is 10.2 Å². The first-order chi connectivity index (χ1) is 10.3. The standard InChI is InChI=1S/C15H13BO5/c17-15(18)12-7-4-8-13(14(12)16-19-9-10-20-16)21-11-5-2-1-3-6-11/h1-8H,9-10H2,(H,17,18). The number of hydrogen-bond donors (Lipinski definition) is 1. The summed E-state index contributed by atoms with van der Waals surface area (Å²) in [5.74, 6) is 0.00916. The van der Waals surface area contributed by atoms with Gasteiger partial charge in [-0.2, -0.15) is 0 Å². The molecule has 0 aromatic heterocycles. The number of rotatable bonds is 4. The van der Waals surface area contributed by atoms with E-state index in [1.54, 1.807) is 24.3 Å². The summed E-state index contributed by atoms with van der Waals surface area (Å²) < 4.78 is 16.7. The third-order valence-corrected chi connectivity index (χ3v) is 3.13. The zero-order chi connectivity index (χ0) is 14.7. The van der Waals surface area contributed by atoms with E-state index in [0.717, 1.165) is 0 Å². The Labute approximate surface area is 122 Å². The molecule has 0 amide bonds. The summed E-state index contributed by atoms with van der Waals surface area (Å²) in [6.07, 6.45) is 0. The van der Waals surface area contributed by atoms with E-state index in [1.807, 2.05) is 18.2 Å². The zero-order valence-electron chi connectivity index (χ0n) is 11.2. The fourth-order valence-electron chi connectivity index (χ4n) is 2.20. The fourth-order valence-corrected chi connectivity index (χ4v) is 2.20. The van der Waals surface area contributed by atoms with Gasteiger partial charge in [-0.25, -0.2) is 4.79 Å². The quantitative estimate of drug-likeness (QED) is 0.869. The predicted octanol–water partition coefficient (Wildman–Crippen LogP) is 1.92. The number of carbonyl (C=O) groups is 1. The van der Waals surface area contributed by atoms with E-state index in [0.29, 0.717) is 30.2 Å². The minimum Gasteiger partial charge on any atom is -0.478 e. The van der Waals surface area contributed by atoms with E-state index >= 15 is 0 Å². The van der Waals surface area contributed by atoms with Gasteiger partial charge in [0, 0.05) is 5.46 Å². The highest BCUT2D eigenvalue weighted by molar-refractivity contribution is 6.64. The van der Waals surface area contributed by atoms with Gasteiger partial charge in [0.15, 0.2) is 0 Å². The maximum absolute atomic E-state index is 11.4. The Kier molecular flexibility index (Phi) is 3.90. The first-order valence-corrected chi connectivity index (χ1v) is 6.58. The average Bonchev–Trinajstić information content (AvgIpc) is 3.02. The van der Waals surface area contributed by atoms with Gasteiger partial charge in [-0.15, -0.1) is 0 Å². The van der Waals surface area contributed by atoms with E-state index in [-0.39, 0.29) is 5.56 Å². The summed E-state index contributed by atoms with van der Waals surface area (Å²) in [5.41, 5.74) is 0.529. The lowest BCUT2D eigenvalue weighted by Gasteiger charge is -2.14. The molecule has 0 radical (unpaired) electrons. The van der Waals surface area contributed by atoms with E-state index in [4.69, 9.17) is 14.0 Å². The Morgan fingerprint density at radius 3 is 2.43 bits per heavy atom. The number of ether oxygens (including phenoxy) is 1. The molecule has 5 nitrogen and oxygen atoms in total. The third kappa shape index (κ3) is 2.91. The van der Waals surface area contributed by atoms with Gasteiger partial charge in [-0.1, -0.05) is 24.3 Å². The van der Waals surface area contributed by atoms with Crippen LogP contribution in [0.3, 0.4) is 0 Å². The molecular weight excluding hydrogens is 271 g/mol. The second-order valence-electron chi connectivity index (χ2n) is 4.51. The Morgan fingerprint density at radius 2 is 1.76 bits per heavy atom. The lowest BCUT2D eigenvalue weighted by atomic mass is 9.75. The lowest BCUT2D eigenvalue weighted by Crippen LogP contribution is -2.37. The summed E-state index contributed by atoms with van der Waals surface area (Å²) in [6.45, 7) is 0.868. The van der Waals surface area contributed by atoms with Crippen molar-refractivity contribution in [2.45, 2.75) is 0 Å². The number of carboxylic acid groups (broad SMARTS) is 1. The molecule has 0 atom stereocenters. The van der Waals surface area contributed by atoms with Crippen LogP contribution in [0.2, 0.25) is 0 Å². The normalized spacial score (nSPS) is 14.2. The molecule has 1 aliphatic heterocycles. The zero-order valence-corrected chi connectivity index (χ0v) is 11.2. The van der Waals surface area contributed by atoms with E-state index < -0.39 is 13.1 Å². The van der Waals surface area contributed by atoms with Crippen LogP contribution in [-0.4, -0.2) is 31.4 Å². The largest absolute Gasteiger partial charge is 0.498 e. The second-order valence-corrected chi connectivity index (χ2v) is 4.51. The summed E-state index contributed by atoms with van der Waals surface area (Å²) in [7, 11) is -0.712. The molecule has 0 spiro atoms. The Morgan fingerprint density at radius 1 is 1.05 bits per heavy atom. The van der Waals surface area contributed by atoms with Crippen LogP contribution in [0.15, 0.2) is 48.5 Å². The number of carboxylic acids is 1. The molecule has 2 aromatic carbocycles. The molecule has 0 bridgehead atoms.